The summed E-state index contributed by atoms with van der Waals surface area (Å²) in [4.78, 5) is 14.6. The van der Waals surface area contributed by atoms with Crippen LogP contribution in [-0.2, 0) is 4.74 Å². The van der Waals surface area contributed by atoms with Crippen LogP contribution in [0.25, 0.3) is 5.69 Å². The number of anilines is 1. The first-order valence-electron chi connectivity index (χ1n) is 8.40. The summed E-state index contributed by atoms with van der Waals surface area (Å²) in [6.07, 6.45) is 5.73. The van der Waals surface area contributed by atoms with Gasteiger partial charge in [-0.1, -0.05) is 6.07 Å². The monoisotopic (exact) mass is 326 g/mol. The third-order valence-corrected chi connectivity index (χ3v) is 5.14. The topological polar surface area (TPSA) is 59.4 Å². The molecule has 0 radical (unpaired) electrons. The highest BCUT2D eigenvalue weighted by Gasteiger charge is 2.42. The Kier molecular flexibility index (Phi) is 3.76. The number of aromatic nitrogens is 2. The molecule has 24 heavy (non-hydrogen) atoms. The van der Waals surface area contributed by atoms with Gasteiger partial charge >= 0.3 is 6.03 Å². The summed E-state index contributed by atoms with van der Waals surface area (Å²) in [5, 5.41) is 7.31. The number of aryl methyl sites for hydroxylation is 1. The Hall–Kier alpha value is -2.34. The maximum Gasteiger partial charge on any atom is 0.321 e. The SMILES string of the molecule is Cc1ccc(-n2cccn2)cc1NC(=O)N1CC[C@@]2(CCOC2)C1. The maximum absolute atomic E-state index is 12.7. The Balaban J connectivity index is 1.49. The molecule has 6 heteroatoms. The minimum atomic E-state index is -0.0282. The van der Waals surface area contributed by atoms with Crippen LogP contribution < -0.4 is 5.32 Å². The summed E-state index contributed by atoms with van der Waals surface area (Å²) in [5.74, 6) is 0. The summed E-state index contributed by atoms with van der Waals surface area (Å²) in [5.41, 5.74) is 2.99. The molecular weight excluding hydrogens is 304 g/mol. The molecule has 6 nitrogen and oxygen atoms in total. The van der Waals surface area contributed by atoms with Gasteiger partial charge in [0.25, 0.3) is 0 Å². The second-order valence-electron chi connectivity index (χ2n) is 6.85. The van der Waals surface area contributed by atoms with Crippen molar-refractivity contribution in [3.63, 3.8) is 0 Å². The number of nitrogens with one attached hydrogen (secondary N) is 1. The molecule has 2 aliphatic heterocycles. The molecule has 2 amide bonds. The number of amides is 2. The number of rotatable bonds is 2. The number of hydrogen-bond acceptors (Lipinski definition) is 3. The number of carbonyl (C=O) groups is 1. The van der Waals surface area contributed by atoms with Crippen molar-refractivity contribution in [1.82, 2.24) is 14.7 Å². The summed E-state index contributed by atoms with van der Waals surface area (Å²) in [7, 11) is 0. The van der Waals surface area contributed by atoms with Gasteiger partial charge in [0.15, 0.2) is 0 Å². The van der Waals surface area contributed by atoms with Gasteiger partial charge in [-0.3, -0.25) is 0 Å². The lowest BCUT2D eigenvalue weighted by Crippen LogP contribution is -2.35. The third-order valence-electron chi connectivity index (χ3n) is 5.14. The molecular formula is C18H22N4O2. The zero-order chi connectivity index (χ0) is 16.6. The van der Waals surface area contributed by atoms with Gasteiger partial charge in [-0.05, 0) is 43.5 Å². The first-order chi connectivity index (χ1) is 11.7. The zero-order valence-corrected chi connectivity index (χ0v) is 13.9. The summed E-state index contributed by atoms with van der Waals surface area (Å²) in [6, 6.07) is 7.82. The van der Waals surface area contributed by atoms with E-state index in [1.807, 2.05) is 42.3 Å². The number of hydrogen-bond donors (Lipinski definition) is 1. The first-order valence-corrected chi connectivity index (χ1v) is 8.40. The normalized spacial score (nSPS) is 23.1. The lowest BCUT2D eigenvalue weighted by Gasteiger charge is -2.22. The molecule has 0 bridgehead atoms. The van der Waals surface area contributed by atoms with Gasteiger partial charge in [0.05, 0.1) is 12.3 Å². The number of likely N-dealkylation sites (tertiary alicyclic amines) is 1. The quantitative estimate of drug-likeness (QED) is 0.923. The van der Waals surface area contributed by atoms with Crippen molar-refractivity contribution in [1.29, 1.82) is 0 Å². The highest BCUT2D eigenvalue weighted by atomic mass is 16.5. The maximum atomic E-state index is 12.7. The molecule has 1 spiro atoms. The predicted molar refractivity (Wildman–Crippen MR) is 91.4 cm³/mol. The molecule has 0 aliphatic carbocycles. The average Bonchev–Trinajstić information content (AvgIpc) is 3.33. The predicted octanol–water partition coefficient (Wildman–Crippen LogP) is 2.83. The second kappa shape index (κ2) is 5.94. The summed E-state index contributed by atoms with van der Waals surface area (Å²) < 4.78 is 7.32. The minimum Gasteiger partial charge on any atom is -0.381 e. The van der Waals surface area contributed by atoms with Crippen molar-refractivity contribution in [3.05, 3.63) is 42.2 Å². The average molecular weight is 326 g/mol. The van der Waals surface area contributed by atoms with Crippen molar-refractivity contribution in [2.45, 2.75) is 19.8 Å². The van der Waals surface area contributed by atoms with E-state index in [1.165, 1.54) is 0 Å². The Labute approximate surface area is 141 Å². The fraction of sp³-hybridized carbons (Fsp3) is 0.444. The van der Waals surface area contributed by atoms with Crippen LogP contribution in [0.1, 0.15) is 18.4 Å². The van der Waals surface area contributed by atoms with Crippen LogP contribution in [0.3, 0.4) is 0 Å². The van der Waals surface area contributed by atoms with E-state index >= 15 is 0 Å². The van der Waals surface area contributed by atoms with Gasteiger partial charge in [-0.15, -0.1) is 0 Å². The van der Waals surface area contributed by atoms with Crippen LogP contribution in [0.4, 0.5) is 10.5 Å². The molecule has 1 N–H and O–H groups in total. The Morgan fingerprint density at radius 1 is 1.38 bits per heavy atom. The van der Waals surface area contributed by atoms with Crippen LogP contribution >= 0.6 is 0 Å². The van der Waals surface area contributed by atoms with Crippen LogP contribution in [0.5, 0.6) is 0 Å². The van der Waals surface area contributed by atoms with Gasteiger partial charge in [-0.25, -0.2) is 9.48 Å². The fourth-order valence-corrected chi connectivity index (χ4v) is 3.58. The van der Waals surface area contributed by atoms with Crippen molar-refractivity contribution >= 4 is 11.7 Å². The van der Waals surface area contributed by atoms with Gasteiger partial charge in [0.1, 0.15) is 0 Å². The van der Waals surface area contributed by atoms with Gasteiger partial charge in [-0.2, -0.15) is 5.10 Å². The van der Waals surface area contributed by atoms with E-state index in [2.05, 4.69) is 10.4 Å². The lowest BCUT2D eigenvalue weighted by molar-refractivity contribution is 0.154. The van der Waals surface area contributed by atoms with Crippen molar-refractivity contribution in [2.75, 3.05) is 31.6 Å². The fourth-order valence-electron chi connectivity index (χ4n) is 3.58. The van der Waals surface area contributed by atoms with E-state index in [4.69, 9.17) is 4.74 Å². The van der Waals surface area contributed by atoms with E-state index in [-0.39, 0.29) is 11.4 Å². The standard InChI is InChI=1S/C18H22N4O2/c1-14-3-4-15(22-8-2-7-19-22)11-16(14)20-17(23)21-9-5-18(12-21)6-10-24-13-18/h2-4,7-8,11H,5-6,9-10,12-13H2,1H3,(H,20,23)/t18-/m1/s1. The minimum absolute atomic E-state index is 0.0282. The molecule has 4 rings (SSSR count). The molecule has 126 valence electrons. The van der Waals surface area contributed by atoms with Crippen molar-refractivity contribution in [2.24, 2.45) is 5.41 Å². The molecule has 0 saturated carbocycles. The Morgan fingerprint density at radius 3 is 3.04 bits per heavy atom. The van der Waals surface area contributed by atoms with Crippen molar-refractivity contribution in [3.8, 4) is 5.69 Å². The molecule has 2 fully saturated rings. The first kappa shape index (κ1) is 15.2. The van der Waals surface area contributed by atoms with E-state index < -0.39 is 0 Å². The molecule has 3 heterocycles. The van der Waals surface area contributed by atoms with Gasteiger partial charge in [0.2, 0.25) is 0 Å². The van der Waals surface area contributed by atoms with E-state index in [9.17, 15) is 4.79 Å². The van der Waals surface area contributed by atoms with E-state index in [0.717, 1.165) is 56.1 Å². The lowest BCUT2D eigenvalue weighted by atomic mass is 9.87. The second-order valence-corrected chi connectivity index (χ2v) is 6.85. The van der Waals surface area contributed by atoms with Crippen LogP contribution in [0, 0.1) is 12.3 Å². The smallest absolute Gasteiger partial charge is 0.321 e. The van der Waals surface area contributed by atoms with Crippen LogP contribution in [0.2, 0.25) is 0 Å². The molecule has 2 saturated heterocycles. The molecule has 2 aliphatic rings. The zero-order valence-electron chi connectivity index (χ0n) is 13.9. The number of carbonyl (C=O) groups excluding carboxylic acids is 1. The number of nitrogens with zero attached hydrogens (tertiary/aromatic N) is 3. The van der Waals surface area contributed by atoms with E-state index in [1.54, 1.807) is 10.9 Å². The number of ether oxygens (including phenoxy) is 1. The largest absolute Gasteiger partial charge is 0.381 e. The molecule has 0 unspecified atom stereocenters. The molecule has 1 atom stereocenters. The highest BCUT2D eigenvalue weighted by Crippen LogP contribution is 2.38. The van der Waals surface area contributed by atoms with Crippen LogP contribution in [0.15, 0.2) is 36.7 Å². The van der Waals surface area contributed by atoms with E-state index in [0.29, 0.717) is 0 Å². The third kappa shape index (κ3) is 2.78. The summed E-state index contributed by atoms with van der Waals surface area (Å²) in [6.45, 7) is 5.19. The van der Waals surface area contributed by atoms with Crippen LogP contribution in [-0.4, -0.2) is 47.0 Å². The Bertz CT molecular complexity index is 735. The van der Waals surface area contributed by atoms with Gasteiger partial charge < -0.3 is 15.0 Å². The Morgan fingerprint density at radius 2 is 2.29 bits per heavy atom. The highest BCUT2D eigenvalue weighted by molar-refractivity contribution is 5.90. The summed E-state index contributed by atoms with van der Waals surface area (Å²) >= 11 is 0. The van der Waals surface area contributed by atoms with Crippen molar-refractivity contribution < 1.29 is 9.53 Å². The molecule has 2 aromatic rings. The molecule has 1 aromatic heterocycles. The molecule has 1 aromatic carbocycles. The van der Waals surface area contributed by atoms with Gasteiger partial charge in [0, 0.05) is 43.2 Å². The number of urea groups is 1. The number of benzene rings is 1.